The molecule has 0 spiro atoms. The van der Waals surface area contributed by atoms with E-state index in [9.17, 15) is 13.6 Å². The van der Waals surface area contributed by atoms with Crippen LogP contribution in [0.5, 0.6) is 0 Å². The number of carboxylic acid groups (broad SMARTS) is 1. The molecular formula is C12H8BrF2N3O2. The first-order valence-electron chi connectivity index (χ1n) is 5.82. The number of rotatable bonds is 3. The number of hydrogen-bond donors (Lipinski definition) is 1. The van der Waals surface area contributed by atoms with Crippen molar-refractivity contribution in [1.82, 2.24) is 14.8 Å². The SMILES string of the molecule is O=C(O)c1nc(C2CC2)n(-c2cc(F)c(Br)cc2F)n1. The minimum Gasteiger partial charge on any atom is -0.475 e. The summed E-state index contributed by atoms with van der Waals surface area (Å²) >= 11 is 2.89. The largest absolute Gasteiger partial charge is 0.475 e. The van der Waals surface area contributed by atoms with Gasteiger partial charge in [-0.2, -0.15) is 0 Å². The summed E-state index contributed by atoms with van der Waals surface area (Å²) in [5.41, 5.74) is -0.146. The van der Waals surface area contributed by atoms with Gasteiger partial charge in [0.05, 0.1) is 4.47 Å². The average molecular weight is 344 g/mol. The maximum atomic E-state index is 14.0. The highest BCUT2D eigenvalue weighted by Crippen LogP contribution is 2.40. The van der Waals surface area contributed by atoms with Crippen molar-refractivity contribution in [2.24, 2.45) is 0 Å². The molecule has 0 bridgehead atoms. The fourth-order valence-electron chi connectivity index (χ4n) is 1.87. The zero-order valence-corrected chi connectivity index (χ0v) is 11.6. The lowest BCUT2D eigenvalue weighted by atomic mass is 10.3. The molecule has 0 amide bonds. The summed E-state index contributed by atoms with van der Waals surface area (Å²) < 4.78 is 28.6. The van der Waals surface area contributed by atoms with E-state index >= 15 is 0 Å². The molecule has 0 aliphatic heterocycles. The standard InChI is InChI=1S/C12H8BrF2N3O2/c13-6-3-8(15)9(4-7(6)14)18-11(5-1-2-5)16-10(17-18)12(19)20/h3-5H,1-2H2,(H,19,20). The molecule has 1 heterocycles. The van der Waals surface area contributed by atoms with Gasteiger partial charge in [0.1, 0.15) is 23.1 Å². The Kier molecular flexibility index (Phi) is 3.04. The molecule has 0 atom stereocenters. The van der Waals surface area contributed by atoms with E-state index in [4.69, 9.17) is 5.11 Å². The maximum Gasteiger partial charge on any atom is 0.375 e. The first kappa shape index (κ1) is 13.2. The van der Waals surface area contributed by atoms with Crippen LogP contribution in [0, 0.1) is 11.6 Å². The van der Waals surface area contributed by atoms with Crippen LogP contribution in [0.3, 0.4) is 0 Å². The summed E-state index contributed by atoms with van der Waals surface area (Å²) in [6, 6.07) is 1.94. The Bertz CT molecular complexity index is 713. The van der Waals surface area contributed by atoms with Crippen molar-refractivity contribution in [3.63, 3.8) is 0 Å². The van der Waals surface area contributed by atoms with Crippen molar-refractivity contribution in [2.75, 3.05) is 0 Å². The van der Waals surface area contributed by atoms with Crippen molar-refractivity contribution in [2.45, 2.75) is 18.8 Å². The summed E-state index contributed by atoms with van der Waals surface area (Å²) in [6.07, 6.45) is 1.66. The zero-order valence-electron chi connectivity index (χ0n) is 9.98. The van der Waals surface area contributed by atoms with Crippen LogP contribution < -0.4 is 0 Å². The van der Waals surface area contributed by atoms with Gasteiger partial charge >= 0.3 is 5.97 Å². The monoisotopic (exact) mass is 343 g/mol. The van der Waals surface area contributed by atoms with E-state index in [2.05, 4.69) is 26.0 Å². The molecule has 20 heavy (non-hydrogen) atoms. The van der Waals surface area contributed by atoms with E-state index in [1.807, 2.05) is 0 Å². The van der Waals surface area contributed by atoms with Gasteiger partial charge in [-0.1, -0.05) is 0 Å². The van der Waals surface area contributed by atoms with Gasteiger partial charge in [-0.15, -0.1) is 5.10 Å². The molecule has 2 aromatic rings. The molecule has 0 saturated heterocycles. The van der Waals surface area contributed by atoms with Crippen LogP contribution in [0.4, 0.5) is 8.78 Å². The minimum atomic E-state index is -1.30. The van der Waals surface area contributed by atoms with Gasteiger partial charge in [-0.25, -0.2) is 23.2 Å². The number of halogens is 3. The maximum absolute atomic E-state index is 14.0. The third-order valence-electron chi connectivity index (χ3n) is 2.98. The number of carbonyl (C=O) groups is 1. The van der Waals surface area contributed by atoms with Crippen LogP contribution in [0.25, 0.3) is 5.69 Å². The lowest BCUT2D eigenvalue weighted by Gasteiger charge is -2.07. The molecule has 5 nitrogen and oxygen atoms in total. The third kappa shape index (κ3) is 2.20. The zero-order chi connectivity index (χ0) is 14.4. The Hall–Kier alpha value is -1.83. The Morgan fingerprint density at radius 1 is 1.35 bits per heavy atom. The van der Waals surface area contributed by atoms with E-state index in [1.165, 1.54) is 0 Å². The number of aromatic carboxylic acids is 1. The van der Waals surface area contributed by atoms with Crippen LogP contribution >= 0.6 is 15.9 Å². The summed E-state index contributed by atoms with van der Waals surface area (Å²) in [6.45, 7) is 0. The van der Waals surface area contributed by atoms with Crippen molar-refractivity contribution in [1.29, 1.82) is 0 Å². The molecule has 1 aromatic carbocycles. The molecule has 1 aromatic heterocycles. The summed E-state index contributed by atoms with van der Waals surface area (Å²) in [7, 11) is 0. The van der Waals surface area contributed by atoms with Gasteiger partial charge in [0, 0.05) is 12.0 Å². The topological polar surface area (TPSA) is 68.0 Å². The summed E-state index contributed by atoms with van der Waals surface area (Å²) in [5, 5.41) is 12.7. The normalized spacial score (nSPS) is 14.6. The van der Waals surface area contributed by atoms with Crippen molar-refractivity contribution < 1.29 is 18.7 Å². The smallest absolute Gasteiger partial charge is 0.375 e. The fourth-order valence-corrected chi connectivity index (χ4v) is 2.19. The second kappa shape index (κ2) is 4.62. The van der Waals surface area contributed by atoms with Crippen molar-refractivity contribution in [3.05, 3.63) is 39.9 Å². The van der Waals surface area contributed by atoms with Crippen LogP contribution in [0.15, 0.2) is 16.6 Å². The lowest BCUT2D eigenvalue weighted by molar-refractivity contribution is 0.0683. The van der Waals surface area contributed by atoms with Crippen LogP contribution in [-0.4, -0.2) is 25.8 Å². The highest BCUT2D eigenvalue weighted by Gasteiger charge is 2.32. The Morgan fingerprint density at radius 3 is 2.65 bits per heavy atom. The predicted octanol–water partition coefficient (Wildman–Crippen LogP) is 2.88. The van der Waals surface area contributed by atoms with E-state index in [-0.39, 0.29) is 16.1 Å². The Labute approximate surface area is 120 Å². The van der Waals surface area contributed by atoms with Crippen molar-refractivity contribution in [3.8, 4) is 5.69 Å². The van der Waals surface area contributed by atoms with Crippen LogP contribution in [-0.2, 0) is 0 Å². The molecular weight excluding hydrogens is 336 g/mol. The van der Waals surface area contributed by atoms with E-state index in [0.29, 0.717) is 5.82 Å². The van der Waals surface area contributed by atoms with Crippen LogP contribution in [0.1, 0.15) is 35.2 Å². The number of benzene rings is 1. The van der Waals surface area contributed by atoms with Crippen LogP contribution in [0.2, 0.25) is 0 Å². The molecule has 8 heteroatoms. The molecule has 104 valence electrons. The molecule has 1 saturated carbocycles. The van der Waals surface area contributed by atoms with Gasteiger partial charge in [0.2, 0.25) is 0 Å². The molecule has 0 radical (unpaired) electrons. The molecule has 1 aliphatic rings. The minimum absolute atomic E-state index is 0.00899. The molecule has 1 aliphatic carbocycles. The second-order valence-electron chi connectivity index (χ2n) is 4.50. The molecule has 0 unspecified atom stereocenters. The van der Waals surface area contributed by atoms with Gasteiger partial charge in [-0.3, -0.25) is 0 Å². The quantitative estimate of drug-likeness (QED) is 0.870. The number of hydrogen-bond acceptors (Lipinski definition) is 3. The van der Waals surface area contributed by atoms with Gasteiger partial charge < -0.3 is 5.11 Å². The Morgan fingerprint density at radius 2 is 2.05 bits per heavy atom. The Balaban J connectivity index is 2.18. The number of nitrogens with zero attached hydrogens (tertiary/aromatic N) is 3. The first-order valence-corrected chi connectivity index (χ1v) is 6.62. The van der Waals surface area contributed by atoms with E-state index < -0.39 is 23.4 Å². The first-order chi connectivity index (χ1) is 9.47. The number of carboxylic acids is 1. The lowest BCUT2D eigenvalue weighted by Crippen LogP contribution is -2.06. The fraction of sp³-hybridized carbons (Fsp3) is 0.250. The molecule has 3 rings (SSSR count). The van der Waals surface area contributed by atoms with Gasteiger partial charge in [-0.05, 0) is 34.8 Å². The highest BCUT2D eigenvalue weighted by molar-refractivity contribution is 9.10. The van der Waals surface area contributed by atoms with E-state index in [0.717, 1.165) is 29.7 Å². The third-order valence-corrected chi connectivity index (χ3v) is 3.59. The molecule has 1 fully saturated rings. The summed E-state index contributed by atoms with van der Waals surface area (Å²) in [4.78, 5) is 14.8. The van der Waals surface area contributed by atoms with Gasteiger partial charge in [0.25, 0.3) is 5.82 Å². The van der Waals surface area contributed by atoms with E-state index in [1.54, 1.807) is 0 Å². The average Bonchev–Trinajstić information content (AvgIpc) is 3.13. The van der Waals surface area contributed by atoms with Crippen molar-refractivity contribution >= 4 is 21.9 Å². The molecule has 1 N–H and O–H groups in total. The predicted molar refractivity (Wildman–Crippen MR) is 67.9 cm³/mol. The summed E-state index contributed by atoms with van der Waals surface area (Å²) in [5.74, 6) is -2.69. The highest BCUT2D eigenvalue weighted by atomic mass is 79.9. The van der Waals surface area contributed by atoms with Gasteiger partial charge in [0.15, 0.2) is 0 Å². The second-order valence-corrected chi connectivity index (χ2v) is 5.36. The number of aromatic nitrogens is 3.